The molecule has 5 N–H and O–H groups in total. The molecule has 0 aromatic heterocycles. The number of carbonyl (C=O) groups is 2. The molecule has 0 amide bonds. The average molecular weight is 372 g/mol. The van der Waals surface area contributed by atoms with Crippen molar-refractivity contribution in [3.05, 3.63) is 0 Å². The zero-order valence-corrected chi connectivity index (χ0v) is 8.63. The molecule has 0 spiro atoms. The standard InChI is InChI=1S/C6H8O4.CH4.H3N.Pt/c7-4(8)6(5(9)10)2-1-3-6;;;/h1-3H2,(H,7,8)(H,9,10);1H4;1H3;. The van der Waals surface area contributed by atoms with Crippen molar-refractivity contribution in [2.45, 2.75) is 26.7 Å². The predicted octanol–water partition coefficient (Wildman–Crippen LogP) is 1.12. The molecule has 6 heteroatoms. The molecule has 1 saturated carbocycles. The third-order valence-corrected chi connectivity index (χ3v) is 2.03. The Kier molecular flexibility index (Phi) is 8.63. The zero-order chi connectivity index (χ0) is 7.78. The summed E-state index contributed by atoms with van der Waals surface area (Å²) < 4.78 is 0. The molecule has 0 saturated heterocycles. The topological polar surface area (TPSA) is 110 Å². The van der Waals surface area contributed by atoms with Crippen LogP contribution in [-0.2, 0) is 30.7 Å². The van der Waals surface area contributed by atoms with E-state index in [0.717, 1.165) is 0 Å². The van der Waals surface area contributed by atoms with E-state index in [0.29, 0.717) is 6.42 Å². The molecule has 0 radical (unpaired) electrons. The summed E-state index contributed by atoms with van der Waals surface area (Å²) in [7, 11) is 0. The Bertz CT molecular complexity index is 175. The van der Waals surface area contributed by atoms with E-state index in [-0.39, 0.29) is 47.5 Å². The average Bonchev–Trinajstić information content (AvgIpc) is 1.57. The minimum Gasteiger partial charge on any atom is -0.480 e. The van der Waals surface area contributed by atoms with Crippen LogP contribution >= 0.6 is 0 Å². The van der Waals surface area contributed by atoms with Crippen LogP contribution in [-0.4, -0.2) is 22.2 Å². The van der Waals surface area contributed by atoms with E-state index in [4.69, 9.17) is 10.2 Å². The Morgan fingerprint density at radius 2 is 1.38 bits per heavy atom. The van der Waals surface area contributed by atoms with Crippen LogP contribution in [0.5, 0.6) is 0 Å². The van der Waals surface area contributed by atoms with E-state index in [1.54, 1.807) is 0 Å². The minimum absolute atomic E-state index is 0. The number of hydrogen-bond acceptors (Lipinski definition) is 3. The fraction of sp³-hybridized carbons (Fsp3) is 0.714. The second-order valence-corrected chi connectivity index (χ2v) is 2.55. The van der Waals surface area contributed by atoms with Gasteiger partial charge in [-0.3, -0.25) is 9.59 Å². The predicted molar refractivity (Wildman–Crippen MR) is 43.3 cm³/mol. The first-order valence-corrected chi connectivity index (χ1v) is 3.06. The Balaban J connectivity index is -0.000000333. The van der Waals surface area contributed by atoms with Crippen molar-refractivity contribution in [1.82, 2.24) is 6.15 Å². The second kappa shape index (κ2) is 6.10. The molecule has 0 aromatic rings. The molecule has 0 aromatic carbocycles. The van der Waals surface area contributed by atoms with Gasteiger partial charge in [-0.25, -0.2) is 0 Å². The van der Waals surface area contributed by atoms with Gasteiger partial charge in [0.1, 0.15) is 0 Å². The number of rotatable bonds is 2. The summed E-state index contributed by atoms with van der Waals surface area (Å²) in [4.78, 5) is 20.7. The molecule has 0 heterocycles. The first-order valence-electron chi connectivity index (χ1n) is 3.06. The van der Waals surface area contributed by atoms with Crippen molar-refractivity contribution >= 4 is 11.9 Å². The molecule has 13 heavy (non-hydrogen) atoms. The first kappa shape index (κ1) is 18.4. The van der Waals surface area contributed by atoms with Crippen LogP contribution in [0.1, 0.15) is 26.7 Å². The molecule has 0 bridgehead atoms. The van der Waals surface area contributed by atoms with Gasteiger partial charge in [0, 0.05) is 21.1 Å². The van der Waals surface area contributed by atoms with Crippen molar-refractivity contribution in [2.24, 2.45) is 5.41 Å². The maximum atomic E-state index is 10.4. The second-order valence-electron chi connectivity index (χ2n) is 2.55. The monoisotopic (exact) mass is 372 g/mol. The fourth-order valence-corrected chi connectivity index (χ4v) is 1.05. The molecule has 0 aliphatic heterocycles. The number of aliphatic carboxylic acids is 2. The van der Waals surface area contributed by atoms with Crippen molar-refractivity contribution in [1.29, 1.82) is 0 Å². The van der Waals surface area contributed by atoms with Crippen LogP contribution in [0.2, 0.25) is 0 Å². The maximum absolute atomic E-state index is 10.4. The Morgan fingerprint density at radius 3 is 1.38 bits per heavy atom. The first-order chi connectivity index (χ1) is 4.59. The Labute approximate surface area is 91.4 Å². The Morgan fingerprint density at radius 1 is 1.08 bits per heavy atom. The molecule has 1 fully saturated rings. The third kappa shape index (κ3) is 2.78. The summed E-state index contributed by atoms with van der Waals surface area (Å²) in [5.74, 6) is -2.41. The van der Waals surface area contributed by atoms with Gasteiger partial charge >= 0.3 is 11.9 Å². The summed E-state index contributed by atoms with van der Waals surface area (Å²) in [5.41, 5.74) is -1.44. The summed E-state index contributed by atoms with van der Waals surface area (Å²) in [6.07, 6.45) is 1.26. The third-order valence-electron chi connectivity index (χ3n) is 2.03. The molecule has 82 valence electrons. The van der Waals surface area contributed by atoms with E-state index < -0.39 is 17.4 Å². The van der Waals surface area contributed by atoms with Gasteiger partial charge < -0.3 is 16.4 Å². The summed E-state index contributed by atoms with van der Waals surface area (Å²) in [6, 6.07) is 0. The molecule has 1 aliphatic carbocycles. The van der Waals surface area contributed by atoms with E-state index >= 15 is 0 Å². The molecule has 5 nitrogen and oxygen atoms in total. The van der Waals surface area contributed by atoms with Crippen LogP contribution < -0.4 is 6.15 Å². The van der Waals surface area contributed by atoms with Gasteiger partial charge in [0.25, 0.3) is 0 Å². The maximum Gasteiger partial charge on any atom is 0.321 e. The number of hydrogen-bond donors (Lipinski definition) is 3. The van der Waals surface area contributed by atoms with Gasteiger partial charge in [-0.15, -0.1) is 0 Å². The van der Waals surface area contributed by atoms with Gasteiger partial charge in [0.15, 0.2) is 5.41 Å². The summed E-state index contributed by atoms with van der Waals surface area (Å²) >= 11 is 0. The van der Waals surface area contributed by atoms with E-state index in [1.807, 2.05) is 0 Å². The molecule has 1 rings (SSSR count). The van der Waals surface area contributed by atoms with Crippen LogP contribution in [0.15, 0.2) is 0 Å². The summed E-state index contributed by atoms with van der Waals surface area (Å²) in [5, 5.41) is 16.9. The van der Waals surface area contributed by atoms with Crippen LogP contribution in [0, 0.1) is 5.41 Å². The van der Waals surface area contributed by atoms with Gasteiger partial charge in [0.05, 0.1) is 0 Å². The Hall–Kier alpha value is -0.412. The quantitative estimate of drug-likeness (QED) is 0.630. The van der Waals surface area contributed by atoms with Crippen LogP contribution in [0.4, 0.5) is 0 Å². The largest absolute Gasteiger partial charge is 0.480 e. The number of carboxylic acids is 2. The van der Waals surface area contributed by atoms with E-state index in [2.05, 4.69) is 0 Å². The normalized spacial score (nSPS) is 16.3. The zero-order valence-electron chi connectivity index (χ0n) is 6.36. The molecule has 1 aliphatic rings. The van der Waals surface area contributed by atoms with Crippen molar-refractivity contribution in [3.63, 3.8) is 0 Å². The smallest absolute Gasteiger partial charge is 0.321 e. The minimum atomic E-state index is -1.44. The van der Waals surface area contributed by atoms with Crippen LogP contribution in [0.25, 0.3) is 0 Å². The van der Waals surface area contributed by atoms with Gasteiger partial charge in [-0.2, -0.15) is 0 Å². The van der Waals surface area contributed by atoms with Gasteiger partial charge in [0.2, 0.25) is 0 Å². The molecular weight excluding hydrogens is 357 g/mol. The summed E-state index contributed by atoms with van der Waals surface area (Å²) in [6.45, 7) is 0. The SMILES string of the molecule is C.N.O=C(O)C1(C(=O)O)CCC1.[Pt]. The molecular formula is C7H15NO4Pt. The number of carboxylic acid groups (broad SMARTS) is 2. The van der Waals surface area contributed by atoms with Crippen LogP contribution in [0.3, 0.4) is 0 Å². The molecule has 0 atom stereocenters. The van der Waals surface area contributed by atoms with Gasteiger partial charge in [-0.05, 0) is 19.3 Å². The van der Waals surface area contributed by atoms with Crippen molar-refractivity contribution in [2.75, 3.05) is 0 Å². The molecule has 0 unspecified atom stereocenters. The van der Waals surface area contributed by atoms with Crippen molar-refractivity contribution < 1.29 is 40.9 Å². The van der Waals surface area contributed by atoms with Gasteiger partial charge in [-0.1, -0.05) is 7.43 Å². The van der Waals surface area contributed by atoms with E-state index in [9.17, 15) is 9.59 Å². The van der Waals surface area contributed by atoms with E-state index in [1.165, 1.54) is 0 Å². The van der Waals surface area contributed by atoms with Crippen molar-refractivity contribution in [3.8, 4) is 0 Å². The fourth-order valence-electron chi connectivity index (χ4n) is 1.05.